The van der Waals surface area contributed by atoms with Gasteiger partial charge < -0.3 is 9.67 Å². The molecule has 0 fully saturated rings. The van der Waals surface area contributed by atoms with Crippen LogP contribution in [-0.4, -0.2) is 19.9 Å². The molecule has 0 radical (unpaired) electrons. The molecule has 0 bridgehead atoms. The zero-order valence-electron chi connectivity index (χ0n) is 13.2. The fourth-order valence-electron chi connectivity index (χ4n) is 2.28. The third kappa shape index (κ3) is 3.63. The van der Waals surface area contributed by atoms with E-state index in [2.05, 4.69) is 41.4 Å². The molecule has 0 atom stereocenters. The van der Waals surface area contributed by atoms with Crippen molar-refractivity contribution in [2.45, 2.75) is 24.4 Å². The summed E-state index contributed by atoms with van der Waals surface area (Å²) in [6.45, 7) is 2.15. The molecule has 0 saturated heterocycles. The van der Waals surface area contributed by atoms with Gasteiger partial charge in [0.15, 0.2) is 11.0 Å². The van der Waals surface area contributed by atoms with Crippen LogP contribution in [0.3, 0.4) is 0 Å². The zero-order valence-corrected chi connectivity index (χ0v) is 14.0. The molecule has 5 heteroatoms. The van der Waals surface area contributed by atoms with Gasteiger partial charge in [-0.3, -0.25) is 0 Å². The summed E-state index contributed by atoms with van der Waals surface area (Å²) in [7, 11) is 1.99. The van der Waals surface area contributed by atoms with Crippen LogP contribution in [0.15, 0.2) is 53.7 Å². The third-order valence-electron chi connectivity index (χ3n) is 3.72. The number of aliphatic hydroxyl groups is 1. The molecule has 0 aliphatic rings. The molecule has 0 spiro atoms. The summed E-state index contributed by atoms with van der Waals surface area (Å²) in [4.78, 5) is 0. The van der Waals surface area contributed by atoms with Crippen molar-refractivity contribution in [1.82, 2.24) is 14.8 Å². The van der Waals surface area contributed by atoms with Gasteiger partial charge in [-0.15, -0.1) is 10.2 Å². The fraction of sp³-hybridized carbons (Fsp3) is 0.222. The number of hydrogen-bond donors (Lipinski definition) is 1. The summed E-state index contributed by atoms with van der Waals surface area (Å²) >= 11 is 1.66. The normalized spacial score (nSPS) is 10.9. The van der Waals surface area contributed by atoms with Crippen molar-refractivity contribution in [1.29, 1.82) is 0 Å². The zero-order chi connectivity index (χ0) is 16.2. The molecule has 0 unspecified atom stereocenters. The van der Waals surface area contributed by atoms with Crippen LogP contribution in [0.4, 0.5) is 0 Å². The first-order valence-corrected chi connectivity index (χ1v) is 8.44. The lowest BCUT2D eigenvalue weighted by Gasteiger charge is -2.05. The number of aromatic nitrogens is 3. The van der Waals surface area contributed by atoms with Crippen LogP contribution in [-0.2, 0) is 19.4 Å². The number of rotatable bonds is 5. The van der Waals surface area contributed by atoms with E-state index in [0.29, 0.717) is 0 Å². The smallest absolute Gasteiger partial charge is 0.191 e. The Kier molecular flexibility index (Phi) is 4.79. The molecule has 3 aromatic rings. The number of benzene rings is 2. The Morgan fingerprint density at radius 3 is 2.26 bits per heavy atom. The first-order valence-electron chi connectivity index (χ1n) is 7.45. The topological polar surface area (TPSA) is 50.9 Å². The average Bonchev–Trinajstić information content (AvgIpc) is 2.95. The molecule has 0 aliphatic carbocycles. The Labute approximate surface area is 140 Å². The van der Waals surface area contributed by atoms with Gasteiger partial charge in [0, 0.05) is 18.4 Å². The Bertz CT molecular complexity index is 779. The van der Waals surface area contributed by atoms with E-state index < -0.39 is 0 Å². The van der Waals surface area contributed by atoms with Gasteiger partial charge in [-0.05, 0) is 18.1 Å². The number of aryl methyl sites for hydroxylation is 1. The summed E-state index contributed by atoms with van der Waals surface area (Å²) in [5.41, 5.74) is 4.44. The number of thioether (sulfide) groups is 1. The van der Waals surface area contributed by atoms with Gasteiger partial charge in [-0.1, -0.05) is 65.9 Å². The number of hydrogen-bond acceptors (Lipinski definition) is 4. The highest BCUT2D eigenvalue weighted by molar-refractivity contribution is 7.98. The van der Waals surface area contributed by atoms with E-state index in [1.54, 1.807) is 11.8 Å². The maximum atomic E-state index is 9.07. The van der Waals surface area contributed by atoms with Crippen LogP contribution in [0.1, 0.15) is 16.7 Å². The molecule has 1 aromatic heterocycles. The fourth-order valence-corrected chi connectivity index (χ4v) is 3.15. The van der Waals surface area contributed by atoms with Crippen molar-refractivity contribution in [2.75, 3.05) is 0 Å². The van der Waals surface area contributed by atoms with Gasteiger partial charge in [0.1, 0.15) is 0 Å². The van der Waals surface area contributed by atoms with Gasteiger partial charge in [-0.25, -0.2) is 0 Å². The van der Waals surface area contributed by atoms with Crippen LogP contribution in [0, 0.1) is 6.92 Å². The Morgan fingerprint density at radius 1 is 0.957 bits per heavy atom. The van der Waals surface area contributed by atoms with Crippen LogP contribution < -0.4 is 0 Å². The quantitative estimate of drug-likeness (QED) is 0.729. The van der Waals surface area contributed by atoms with E-state index in [-0.39, 0.29) is 6.61 Å². The lowest BCUT2D eigenvalue weighted by Crippen LogP contribution is -1.95. The van der Waals surface area contributed by atoms with Crippen molar-refractivity contribution in [3.8, 4) is 11.4 Å². The van der Waals surface area contributed by atoms with Gasteiger partial charge in [0.05, 0.1) is 6.61 Å². The van der Waals surface area contributed by atoms with Crippen LogP contribution in [0.2, 0.25) is 0 Å². The molecule has 0 aliphatic heterocycles. The van der Waals surface area contributed by atoms with Crippen LogP contribution >= 0.6 is 11.8 Å². The Hall–Kier alpha value is -2.11. The molecule has 0 saturated carbocycles. The van der Waals surface area contributed by atoms with E-state index in [4.69, 9.17) is 5.11 Å². The molecule has 118 valence electrons. The standard InChI is InChI=1S/C18H19N3OS/c1-13-3-9-16(10-4-13)17-19-20-18(21(17)2)23-12-15-7-5-14(11-22)6-8-15/h3-10,22H,11-12H2,1-2H3. The maximum Gasteiger partial charge on any atom is 0.191 e. The second-order valence-electron chi connectivity index (χ2n) is 5.49. The lowest BCUT2D eigenvalue weighted by atomic mass is 10.1. The first-order chi connectivity index (χ1) is 11.2. The van der Waals surface area contributed by atoms with Crippen molar-refractivity contribution >= 4 is 11.8 Å². The number of aliphatic hydroxyl groups excluding tert-OH is 1. The summed E-state index contributed by atoms with van der Waals surface area (Å²) < 4.78 is 2.03. The van der Waals surface area contributed by atoms with Crippen LogP contribution in [0.25, 0.3) is 11.4 Å². The highest BCUT2D eigenvalue weighted by atomic mass is 32.2. The highest BCUT2D eigenvalue weighted by Gasteiger charge is 2.11. The third-order valence-corrected chi connectivity index (χ3v) is 4.81. The van der Waals surface area contributed by atoms with E-state index in [0.717, 1.165) is 27.9 Å². The minimum absolute atomic E-state index is 0.0800. The van der Waals surface area contributed by atoms with Gasteiger partial charge in [-0.2, -0.15) is 0 Å². The Balaban J connectivity index is 1.72. The number of nitrogens with zero attached hydrogens (tertiary/aromatic N) is 3. The molecule has 2 aromatic carbocycles. The molecule has 4 nitrogen and oxygen atoms in total. The van der Waals surface area contributed by atoms with Crippen molar-refractivity contribution < 1.29 is 5.11 Å². The molecular formula is C18H19N3OS. The molecular weight excluding hydrogens is 306 g/mol. The molecule has 1 N–H and O–H groups in total. The predicted molar refractivity (Wildman–Crippen MR) is 93.1 cm³/mol. The highest BCUT2D eigenvalue weighted by Crippen LogP contribution is 2.25. The minimum Gasteiger partial charge on any atom is -0.392 e. The van der Waals surface area contributed by atoms with Gasteiger partial charge in [0.25, 0.3) is 0 Å². The SMILES string of the molecule is Cc1ccc(-c2nnc(SCc3ccc(CO)cc3)n2C)cc1. The van der Waals surface area contributed by atoms with Gasteiger partial charge >= 0.3 is 0 Å². The van der Waals surface area contributed by atoms with Crippen molar-refractivity contribution in [3.63, 3.8) is 0 Å². The summed E-state index contributed by atoms with van der Waals surface area (Å²) in [5, 5.41) is 18.6. The average molecular weight is 325 g/mol. The molecule has 1 heterocycles. The predicted octanol–water partition coefficient (Wildman–Crippen LogP) is 3.58. The monoisotopic (exact) mass is 325 g/mol. The van der Waals surface area contributed by atoms with Crippen molar-refractivity contribution in [2.24, 2.45) is 7.05 Å². The van der Waals surface area contributed by atoms with E-state index >= 15 is 0 Å². The first kappa shape index (κ1) is 15.8. The molecule has 23 heavy (non-hydrogen) atoms. The molecule has 0 amide bonds. The second kappa shape index (κ2) is 6.98. The maximum absolute atomic E-state index is 9.07. The van der Waals surface area contributed by atoms with Crippen LogP contribution in [0.5, 0.6) is 0 Å². The molecule has 3 rings (SSSR count). The van der Waals surface area contributed by atoms with E-state index in [1.807, 2.05) is 35.9 Å². The summed E-state index contributed by atoms with van der Waals surface area (Å²) in [6.07, 6.45) is 0. The lowest BCUT2D eigenvalue weighted by molar-refractivity contribution is 0.282. The Morgan fingerprint density at radius 2 is 1.61 bits per heavy atom. The van der Waals surface area contributed by atoms with E-state index in [9.17, 15) is 0 Å². The van der Waals surface area contributed by atoms with Crippen molar-refractivity contribution in [3.05, 3.63) is 65.2 Å². The largest absolute Gasteiger partial charge is 0.392 e. The van der Waals surface area contributed by atoms with E-state index in [1.165, 1.54) is 11.1 Å². The van der Waals surface area contributed by atoms with Gasteiger partial charge in [0.2, 0.25) is 0 Å². The summed E-state index contributed by atoms with van der Waals surface area (Å²) in [6, 6.07) is 16.3. The minimum atomic E-state index is 0.0800. The summed E-state index contributed by atoms with van der Waals surface area (Å²) in [5.74, 6) is 1.70. The second-order valence-corrected chi connectivity index (χ2v) is 6.44.